The predicted octanol–water partition coefficient (Wildman–Crippen LogP) is 2.86. The maximum atomic E-state index is 13.7. The Hall–Kier alpha value is -1.84. The van der Waals surface area contributed by atoms with Gasteiger partial charge in [0.1, 0.15) is 5.82 Å². The maximum Gasteiger partial charge on any atom is 0.146 e. The molecule has 3 rings (SSSR count). The van der Waals surface area contributed by atoms with Crippen LogP contribution in [0.15, 0.2) is 42.7 Å². The number of hydrogen-bond donors (Lipinski definition) is 0. The van der Waals surface area contributed by atoms with E-state index in [0.29, 0.717) is 6.04 Å². The van der Waals surface area contributed by atoms with Crippen LogP contribution in [0, 0.1) is 5.82 Å². The van der Waals surface area contributed by atoms with Crippen molar-refractivity contribution in [1.29, 1.82) is 0 Å². The first-order chi connectivity index (χ1) is 8.84. The van der Waals surface area contributed by atoms with Crippen molar-refractivity contribution < 1.29 is 4.39 Å². The van der Waals surface area contributed by atoms with Gasteiger partial charge in [0.15, 0.2) is 0 Å². The number of nitrogens with zero attached hydrogens (tertiary/aromatic N) is 3. The normalized spacial score (nSPS) is 17.1. The van der Waals surface area contributed by atoms with Crippen molar-refractivity contribution in [2.24, 2.45) is 0 Å². The quantitative estimate of drug-likeness (QED) is 0.811. The van der Waals surface area contributed by atoms with Crippen molar-refractivity contribution in [3.63, 3.8) is 0 Å². The van der Waals surface area contributed by atoms with Gasteiger partial charge in [-0.25, -0.2) is 4.39 Å². The van der Waals surface area contributed by atoms with E-state index in [2.05, 4.69) is 10.00 Å². The van der Waals surface area contributed by atoms with Gasteiger partial charge in [0.05, 0.1) is 11.7 Å². The molecule has 1 aromatic heterocycles. The molecule has 0 unspecified atom stereocenters. The first-order valence-corrected chi connectivity index (χ1v) is 6.33. The standard InChI is InChI=1S/C14H16FN3/c15-13-4-1-2-5-14(13)17-10-6-12(7-11-17)18-9-3-8-16-18/h1-5,8-9,12H,6-7,10-11H2. The Balaban J connectivity index is 1.69. The number of anilines is 1. The third kappa shape index (κ3) is 2.10. The molecule has 3 nitrogen and oxygen atoms in total. The highest BCUT2D eigenvalue weighted by molar-refractivity contribution is 5.47. The lowest BCUT2D eigenvalue weighted by molar-refractivity contribution is 0.365. The molecule has 94 valence electrons. The zero-order valence-corrected chi connectivity index (χ0v) is 10.2. The molecule has 4 heteroatoms. The molecule has 1 saturated heterocycles. The molecule has 1 aliphatic rings. The number of halogens is 1. The van der Waals surface area contributed by atoms with Gasteiger partial charge in [-0.2, -0.15) is 5.10 Å². The summed E-state index contributed by atoms with van der Waals surface area (Å²) in [6.45, 7) is 1.76. The van der Waals surface area contributed by atoms with E-state index in [4.69, 9.17) is 0 Å². The molecule has 0 radical (unpaired) electrons. The molecule has 0 atom stereocenters. The molecule has 0 N–H and O–H groups in total. The minimum absolute atomic E-state index is 0.130. The average molecular weight is 245 g/mol. The summed E-state index contributed by atoms with van der Waals surface area (Å²) >= 11 is 0. The molecule has 0 amide bonds. The summed E-state index contributed by atoms with van der Waals surface area (Å²) in [7, 11) is 0. The summed E-state index contributed by atoms with van der Waals surface area (Å²) in [5, 5.41) is 4.28. The molecule has 0 spiro atoms. The second kappa shape index (κ2) is 4.80. The number of aromatic nitrogens is 2. The van der Waals surface area contributed by atoms with Crippen LogP contribution in [0.1, 0.15) is 18.9 Å². The van der Waals surface area contributed by atoms with Gasteiger partial charge in [0, 0.05) is 25.5 Å². The Morgan fingerprint density at radius 1 is 1.11 bits per heavy atom. The Kier molecular flexibility index (Phi) is 3.00. The molecule has 1 aliphatic heterocycles. The molecule has 18 heavy (non-hydrogen) atoms. The van der Waals surface area contributed by atoms with Gasteiger partial charge >= 0.3 is 0 Å². The second-order valence-corrected chi connectivity index (χ2v) is 4.66. The molecule has 2 heterocycles. The fourth-order valence-corrected chi connectivity index (χ4v) is 2.58. The van der Waals surface area contributed by atoms with Crippen molar-refractivity contribution in [2.75, 3.05) is 18.0 Å². The molecule has 0 bridgehead atoms. The van der Waals surface area contributed by atoms with Crippen molar-refractivity contribution in [3.05, 3.63) is 48.5 Å². The monoisotopic (exact) mass is 245 g/mol. The fraction of sp³-hybridized carbons (Fsp3) is 0.357. The Labute approximate surface area is 106 Å². The summed E-state index contributed by atoms with van der Waals surface area (Å²) in [6.07, 6.45) is 5.83. The van der Waals surface area contributed by atoms with Crippen LogP contribution in [0.4, 0.5) is 10.1 Å². The van der Waals surface area contributed by atoms with E-state index in [1.807, 2.05) is 35.3 Å². The summed E-state index contributed by atoms with van der Waals surface area (Å²) in [6, 6.07) is 9.39. The van der Waals surface area contributed by atoms with Crippen molar-refractivity contribution in [3.8, 4) is 0 Å². The number of para-hydroxylation sites is 1. The van der Waals surface area contributed by atoms with E-state index in [1.165, 1.54) is 6.07 Å². The van der Waals surface area contributed by atoms with Crippen LogP contribution >= 0.6 is 0 Å². The second-order valence-electron chi connectivity index (χ2n) is 4.66. The molecular weight excluding hydrogens is 229 g/mol. The summed E-state index contributed by atoms with van der Waals surface area (Å²) in [5.41, 5.74) is 0.719. The largest absolute Gasteiger partial charge is 0.369 e. The first-order valence-electron chi connectivity index (χ1n) is 6.33. The SMILES string of the molecule is Fc1ccccc1N1CCC(n2cccn2)CC1. The highest BCUT2D eigenvalue weighted by atomic mass is 19.1. The summed E-state index contributed by atoms with van der Waals surface area (Å²) in [5.74, 6) is -0.130. The third-order valence-electron chi connectivity index (χ3n) is 3.56. The van der Waals surface area contributed by atoms with Crippen molar-refractivity contribution >= 4 is 5.69 Å². The van der Waals surface area contributed by atoms with Gasteiger partial charge in [-0.15, -0.1) is 0 Å². The van der Waals surface area contributed by atoms with E-state index < -0.39 is 0 Å². The van der Waals surface area contributed by atoms with Gasteiger partial charge in [0.2, 0.25) is 0 Å². The van der Waals surface area contributed by atoms with E-state index in [9.17, 15) is 4.39 Å². The highest BCUT2D eigenvalue weighted by Gasteiger charge is 2.22. The highest BCUT2D eigenvalue weighted by Crippen LogP contribution is 2.27. The zero-order valence-electron chi connectivity index (χ0n) is 10.2. The van der Waals surface area contributed by atoms with E-state index >= 15 is 0 Å². The van der Waals surface area contributed by atoms with E-state index in [-0.39, 0.29) is 5.82 Å². The predicted molar refractivity (Wildman–Crippen MR) is 69.1 cm³/mol. The molecule has 2 aromatic rings. The van der Waals surface area contributed by atoms with Gasteiger partial charge in [0.25, 0.3) is 0 Å². The zero-order chi connectivity index (χ0) is 12.4. The van der Waals surface area contributed by atoms with Crippen LogP contribution in [0.5, 0.6) is 0 Å². The number of rotatable bonds is 2. The van der Waals surface area contributed by atoms with Crippen LogP contribution in [-0.4, -0.2) is 22.9 Å². The lowest BCUT2D eigenvalue weighted by Gasteiger charge is -2.33. The summed E-state index contributed by atoms with van der Waals surface area (Å²) < 4.78 is 15.7. The van der Waals surface area contributed by atoms with E-state index in [0.717, 1.165) is 31.6 Å². The lowest BCUT2D eigenvalue weighted by Crippen LogP contribution is -2.35. The third-order valence-corrected chi connectivity index (χ3v) is 3.56. The van der Waals surface area contributed by atoms with E-state index in [1.54, 1.807) is 6.07 Å². The number of hydrogen-bond acceptors (Lipinski definition) is 2. The fourth-order valence-electron chi connectivity index (χ4n) is 2.58. The topological polar surface area (TPSA) is 21.1 Å². The Bertz CT molecular complexity index is 502. The average Bonchev–Trinajstić information content (AvgIpc) is 2.94. The van der Waals surface area contributed by atoms with Gasteiger partial charge in [-0.3, -0.25) is 4.68 Å². The van der Waals surface area contributed by atoms with Gasteiger partial charge in [-0.05, 0) is 31.0 Å². The molecule has 1 aromatic carbocycles. The smallest absolute Gasteiger partial charge is 0.146 e. The number of piperidine rings is 1. The number of benzene rings is 1. The lowest BCUT2D eigenvalue weighted by atomic mass is 10.0. The van der Waals surface area contributed by atoms with Crippen LogP contribution in [0.3, 0.4) is 0 Å². The van der Waals surface area contributed by atoms with Crippen LogP contribution in [0.25, 0.3) is 0 Å². The molecular formula is C14H16FN3. The molecule has 0 saturated carbocycles. The molecule has 1 fully saturated rings. The van der Waals surface area contributed by atoms with Crippen molar-refractivity contribution in [1.82, 2.24) is 9.78 Å². The van der Waals surface area contributed by atoms with Crippen LogP contribution < -0.4 is 4.90 Å². The van der Waals surface area contributed by atoms with Crippen LogP contribution in [-0.2, 0) is 0 Å². The van der Waals surface area contributed by atoms with Gasteiger partial charge < -0.3 is 4.90 Å². The maximum absolute atomic E-state index is 13.7. The summed E-state index contributed by atoms with van der Waals surface area (Å²) in [4.78, 5) is 2.12. The minimum atomic E-state index is -0.130. The minimum Gasteiger partial charge on any atom is -0.369 e. The Morgan fingerprint density at radius 2 is 1.89 bits per heavy atom. The van der Waals surface area contributed by atoms with Crippen LogP contribution in [0.2, 0.25) is 0 Å². The Morgan fingerprint density at radius 3 is 2.56 bits per heavy atom. The van der Waals surface area contributed by atoms with Crippen molar-refractivity contribution in [2.45, 2.75) is 18.9 Å². The first kappa shape index (κ1) is 11.3. The molecule has 0 aliphatic carbocycles. The van der Waals surface area contributed by atoms with Gasteiger partial charge in [-0.1, -0.05) is 12.1 Å².